The van der Waals surface area contributed by atoms with Gasteiger partial charge in [0, 0.05) is 31.7 Å². The van der Waals surface area contributed by atoms with Crippen molar-refractivity contribution in [3.05, 3.63) is 59.7 Å². The summed E-state index contributed by atoms with van der Waals surface area (Å²) >= 11 is 0. The van der Waals surface area contributed by atoms with E-state index >= 15 is 0 Å². The summed E-state index contributed by atoms with van der Waals surface area (Å²) in [6.45, 7) is 1.31. The topological polar surface area (TPSA) is 85.5 Å². The second-order valence-corrected chi connectivity index (χ2v) is 6.45. The zero-order valence-corrected chi connectivity index (χ0v) is 14.9. The van der Waals surface area contributed by atoms with Crippen molar-refractivity contribution in [3.8, 4) is 5.75 Å². The van der Waals surface area contributed by atoms with Gasteiger partial charge in [-0.15, -0.1) is 0 Å². The molecule has 0 saturated carbocycles. The van der Waals surface area contributed by atoms with Gasteiger partial charge in [-0.1, -0.05) is 6.07 Å². The average Bonchev–Trinajstić information content (AvgIpc) is 2.72. The molecule has 1 aliphatic heterocycles. The maximum atomic E-state index is 13.7. The number of piperidine rings is 1. The number of ether oxygens (including phenoxy) is 1. The molecule has 7 heteroatoms. The fraction of sp³-hybridized carbons (Fsp3) is 0.350. The van der Waals surface area contributed by atoms with E-state index in [0.29, 0.717) is 30.8 Å². The molecule has 2 aromatic rings. The number of carbonyl (C=O) groups excluding carboxylic acids is 2. The van der Waals surface area contributed by atoms with Crippen LogP contribution in [0, 0.1) is 11.7 Å². The van der Waals surface area contributed by atoms with Crippen LogP contribution in [0.25, 0.3) is 0 Å². The van der Waals surface area contributed by atoms with Crippen LogP contribution in [0.1, 0.15) is 33.7 Å². The monoisotopic (exact) mass is 371 g/mol. The molecule has 2 N–H and O–H groups in total. The second kappa shape index (κ2) is 8.73. The first-order valence-electron chi connectivity index (χ1n) is 8.97. The number of carbonyl (C=O) groups is 2. The van der Waals surface area contributed by atoms with Crippen LogP contribution >= 0.6 is 0 Å². The zero-order valence-electron chi connectivity index (χ0n) is 14.9. The van der Waals surface area contributed by atoms with E-state index in [0.717, 1.165) is 0 Å². The molecule has 0 radical (unpaired) electrons. The van der Waals surface area contributed by atoms with Crippen LogP contribution in [0.2, 0.25) is 0 Å². The Morgan fingerprint density at radius 2 is 2.15 bits per heavy atom. The lowest BCUT2D eigenvalue weighted by Gasteiger charge is -2.32. The molecule has 0 bridgehead atoms. The molecular formula is C20H22FN3O3. The summed E-state index contributed by atoms with van der Waals surface area (Å²) < 4.78 is 19.2. The van der Waals surface area contributed by atoms with E-state index in [1.54, 1.807) is 29.3 Å². The van der Waals surface area contributed by atoms with E-state index in [2.05, 4.69) is 4.98 Å². The SMILES string of the molecule is NCCOc1ccc(F)cc1C(=O)N1CCC[C@H](C(=O)c2ccccn2)C1. The van der Waals surface area contributed by atoms with Gasteiger partial charge in [0.05, 0.1) is 5.56 Å². The number of aromatic nitrogens is 1. The highest BCUT2D eigenvalue weighted by Crippen LogP contribution is 2.26. The minimum Gasteiger partial charge on any atom is -0.491 e. The molecule has 2 heterocycles. The van der Waals surface area contributed by atoms with Gasteiger partial charge in [0.15, 0.2) is 5.78 Å². The van der Waals surface area contributed by atoms with Gasteiger partial charge in [-0.2, -0.15) is 0 Å². The highest BCUT2D eigenvalue weighted by atomic mass is 19.1. The summed E-state index contributed by atoms with van der Waals surface area (Å²) in [5.74, 6) is -0.965. The van der Waals surface area contributed by atoms with E-state index < -0.39 is 5.82 Å². The molecule has 142 valence electrons. The summed E-state index contributed by atoms with van der Waals surface area (Å²) in [6.07, 6.45) is 2.97. The first kappa shape index (κ1) is 19.0. The van der Waals surface area contributed by atoms with Crippen LogP contribution in [-0.2, 0) is 0 Å². The van der Waals surface area contributed by atoms with Gasteiger partial charge in [-0.25, -0.2) is 4.39 Å². The molecule has 1 aliphatic rings. The Morgan fingerprint density at radius 1 is 1.30 bits per heavy atom. The van der Waals surface area contributed by atoms with Crippen LogP contribution in [-0.4, -0.2) is 47.8 Å². The van der Waals surface area contributed by atoms with Crippen molar-refractivity contribution in [1.29, 1.82) is 0 Å². The number of amides is 1. The van der Waals surface area contributed by atoms with Crippen LogP contribution in [0.3, 0.4) is 0 Å². The number of halogens is 1. The number of rotatable bonds is 6. The zero-order chi connectivity index (χ0) is 19.2. The number of likely N-dealkylation sites (tertiary alicyclic amines) is 1. The van der Waals surface area contributed by atoms with Crippen LogP contribution < -0.4 is 10.5 Å². The fourth-order valence-corrected chi connectivity index (χ4v) is 3.23. The molecule has 1 atom stereocenters. The normalized spacial score (nSPS) is 16.8. The Morgan fingerprint density at radius 3 is 2.89 bits per heavy atom. The van der Waals surface area contributed by atoms with Crippen LogP contribution in [0.15, 0.2) is 42.6 Å². The lowest BCUT2D eigenvalue weighted by molar-refractivity contribution is 0.0631. The summed E-state index contributed by atoms with van der Waals surface area (Å²) in [6, 6.07) is 9.03. The van der Waals surface area contributed by atoms with Crippen molar-refractivity contribution in [2.24, 2.45) is 11.7 Å². The lowest BCUT2D eigenvalue weighted by Crippen LogP contribution is -2.42. The predicted molar refractivity (Wildman–Crippen MR) is 98.1 cm³/mol. The van der Waals surface area contributed by atoms with E-state index in [1.165, 1.54) is 18.2 Å². The van der Waals surface area contributed by atoms with E-state index in [1.807, 2.05) is 0 Å². The summed E-state index contributed by atoms with van der Waals surface area (Å²) in [5, 5.41) is 0. The van der Waals surface area contributed by atoms with Gasteiger partial charge in [-0.05, 0) is 43.2 Å². The number of hydrogen-bond acceptors (Lipinski definition) is 5. The summed E-state index contributed by atoms with van der Waals surface area (Å²) in [7, 11) is 0. The average molecular weight is 371 g/mol. The quantitative estimate of drug-likeness (QED) is 0.788. The van der Waals surface area contributed by atoms with Crippen molar-refractivity contribution < 1.29 is 18.7 Å². The van der Waals surface area contributed by atoms with Gasteiger partial charge >= 0.3 is 0 Å². The first-order chi connectivity index (χ1) is 13.1. The maximum Gasteiger partial charge on any atom is 0.257 e. The molecule has 0 aliphatic carbocycles. The Balaban J connectivity index is 1.77. The highest BCUT2D eigenvalue weighted by molar-refractivity contribution is 5.99. The van der Waals surface area contributed by atoms with Crippen molar-refractivity contribution >= 4 is 11.7 Å². The number of nitrogens with two attached hydrogens (primary N) is 1. The highest BCUT2D eigenvalue weighted by Gasteiger charge is 2.31. The van der Waals surface area contributed by atoms with Crippen molar-refractivity contribution in [2.45, 2.75) is 12.8 Å². The smallest absolute Gasteiger partial charge is 0.257 e. The molecule has 1 saturated heterocycles. The van der Waals surface area contributed by atoms with Gasteiger partial charge in [0.2, 0.25) is 0 Å². The number of benzene rings is 1. The molecule has 1 aromatic carbocycles. The molecule has 0 unspecified atom stereocenters. The third-order valence-corrected chi connectivity index (χ3v) is 4.54. The van der Waals surface area contributed by atoms with Gasteiger partial charge in [0.1, 0.15) is 23.9 Å². The molecule has 1 aromatic heterocycles. The summed E-state index contributed by atoms with van der Waals surface area (Å²) in [4.78, 5) is 31.3. The van der Waals surface area contributed by atoms with Crippen LogP contribution in [0.5, 0.6) is 5.75 Å². The Hall–Kier alpha value is -2.80. The Bertz CT molecular complexity index is 813. The third-order valence-electron chi connectivity index (χ3n) is 4.54. The fourth-order valence-electron chi connectivity index (χ4n) is 3.23. The predicted octanol–water partition coefficient (Wildman–Crippen LogP) is 2.29. The molecular weight excluding hydrogens is 349 g/mol. The lowest BCUT2D eigenvalue weighted by atomic mass is 9.91. The molecule has 1 fully saturated rings. The van der Waals surface area contributed by atoms with Gasteiger partial charge < -0.3 is 15.4 Å². The van der Waals surface area contributed by atoms with Crippen molar-refractivity contribution in [1.82, 2.24) is 9.88 Å². The number of nitrogens with zero attached hydrogens (tertiary/aromatic N) is 2. The van der Waals surface area contributed by atoms with Crippen molar-refractivity contribution in [3.63, 3.8) is 0 Å². The largest absolute Gasteiger partial charge is 0.491 e. The standard InChI is InChI=1S/C20H22FN3O3/c21-15-6-7-18(27-11-8-22)16(12-15)20(26)24-10-3-4-14(13-24)19(25)17-5-1-2-9-23-17/h1-2,5-7,9,12,14H,3-4,8,10-11,13,22H2/t14-/m0/s1. The van der Waals surface area contributed by atoms with Crippen molar-refractivity contribution in [2.75, 3.05) is 26.2 Å². The van der Waals surface area contributed by atoms with Gasteiger partial charge in [-0.3, -0.25) is 14.6 Å². The molecule has 3 rings (SSSR count). The minimum atomic E-state index is -0.517. The molecule has 0 spiro atoms. The number of pyridine rings is 1. The van der Waals surface area contributed by atoms with Gasteiger partial charge in [0.25, 0.3) is 5.91 Å². The minimum absolute atomic E-state index is 0.0769. The molecule has 1 amide bonds. The Labute approximate surface area is 157 Å². The second-order valence-electron chi connectivity index (χ2n) is 6.45. The Kier molecular flexibility index (Phi) is 6.13. The molecule has 6 nitrogen and oxygen atoms in total. The first-order valence-corrected chi connectivity index (χ1v) is 8.97. The number of ketones is 1. The number of Topliss-reactive ketones (excluding diaryl/α,β-unsaturated/α-hetero) is 1. The van der Waals surface area contributed by atoms with Crippen LogP contribution in [0.4, 0.5) is 4.39 Å². The van der Waals surface area contributed by atoms with E-state index in [9.17, 15) is 14.0 Å². The summed E-state index contributed by atoms with van der Waals surface area (Å²) in [5.41, 5.74) is 5.99. The maximum absolute atomic E-state index is 13.7. The number of hydrogen-bond donors (Lipinski definition) is 1. The van der Waals surface area contributed by atoms with E-state index in [4.69, 9.17) is 10.5 Å². The van der Waals surface area contributed by atoms with E-state index in [-0.39, 0.29) is 42.9 Å². The third kappa shape index (κ3) is 4.49. The molecule has 27 heavy (non-hydrogen) atoms.